The smallest absolute Gasteiger partial charge is 0.111 e. The second kappa shape index (κ2) is 5.06. The van der Waals surface area contributed by atoms with Gasteiger partial charge in [0.15, 0.2) is 0 Å². The zero-order valence-corrected chi connectivity index (χ0v) is 13.2. The van der Waals surface area contributed by atoms with Crippen LogP contribution in [0.15, 0.2) is 24.3 Å². The van der Waals surface area contributed by atoms with E-state index in [0.29, 0.717) is 0 Å². The van der Waals surface area contributed by atoms with Crippen LogP contribution in [0.1, 0.15) is 66.7 Å². The fourth-order valence-electron chi connectivity index (χ4n) is 3.44. The Labute approximate surface area is 118 Å². The average molecular weight is 263 g/mol. The van der Waals surface area contributed by atoms with Gasteiger partial charge in [-0.15, -0.1) is 0 Å². The van der Waals surface area contributed by atoms with Crippen molar-refractivity contribution in [2.24, 2.45) is 0 Å². The Morgan fingerprint density at radius 1 is 1.05 bits per heavy atom. The van der Waals surface area contributed by atoms with Gasteiger partial charge >= 0.3 is 0 Å². The molecule has 0 saturated carbocycles. The molecule has 1 heterocycles. The summed E-state index contributed by atoms with van der Waals surface area (Å²) in [5, 5.41) is 2.29. The molecule has 19 heavy (non-hydrogen) atoms. The Bertz CT molecular complexity index is 365. The third kappa shape index (κ3) is 2.95. The monoisotopic (exact) mass is 263 g/mol. The molecule has 1 unspecified atom stereocenters. The number of rotatable bonds is 3. The molecular weight excluding hydrogens is 234 g/mol. The molecule has 2 heteroatoms. The molecule has 1 saturated heterocycles. The molecular formula is C17H29NO. The molecule has 0 amide bonds. The van der Waals surface area contributed by atoms with Crippen molar-refractivity contribution in [3.63, 3.8) is 0 Å². The van der Waals surface area contributed by atoms with E-state index in [4.69, 9.17) is 4.84 Å². The van der Waals surface area contributed by atoms with Gasteiger partial charge in [0.05, 0.1) is 0 Å². The normalized spacial score (nSPS) is 33.5. The topological polar surface area (TPSA) is 12.5 Å². The number of allylic oxidation sites excluding steroid dienone is 2. The zero-order chi connectivity index (χ0) is 14.1. The highest BCUT2D eigenvalue weighted by Gasteiger charge is 2.45. The molecule has 2 aliphatic rings. The summed E-state index contributed by atoms with van der Waals surface area (Å²) in [4.78, 5) is 6.59. The summed E-state index contributed by atoms with van der Waals surface area (Å²) in [6, 6.07) is 0. The summed E-state index contributed by atoms with van der Waals surface area (Å²) >= 11 is 0. The minimum atomic E-state index is -0.152. The van der Waals surface area contributed by atoms with E-state index in [1.807, 2.05) is 0 Å². The average Bonchev–Trinajstić information content (AvgIpc) is 2.35. The summed E-state index contributed by atoms with van der Waals surface area (Å²) in [7, 11) is 0. The van der Waals surface area contributed by atoms with Gasteiger partial charge in [0.1, 0.15) is 5.60 Å². The van der Waals surface area contributed by atoms with Crippen molar-refractivity contribution < 1.29 is 4.84 Å². The summed E-state index contributed by atoms with van der Waals surface area (Å²) in [6.45, 7) is 11.4. The van der Waals surface area contributed by atoms with Crippen LogP contribution in [0.3, 0.4) is 0 Å². The Balaban J connectivity index is 2.23. The highest BCUT2D eigenvalue weighted by Crippen LogP contribution is 2.41. The van der Waals surface area contributed by atoms with Crippen LogP contribution >= 0.6 is 0 Å². The van der Waals surface area contributed by atoms with Gasteiger partial charge in [0.25, 0.3) is 0 Å². The highest BCUT2D eigenvalue weighted by atomic mass is 16.7. The van der Waals surface area contributed by atoms with Gasteiger partial charge in [0, 0.05) is 17.5 Å². The summed E-state index contributed by atoms with van der Waals surface area (Å²) in [5.41, 5.74) is 0.0679. The minimum Gasteiger partial charge on any atom is -0.287 e. The van der Waals surface area contributed by atoms with Crippen LogP contribution in [0.25, 0.3) is 0 Å². The van der Waals surface area contributed by atoms with Gasteiger partial charge in [0.2, 0.25) is 0 Å². The first kappa shape index (κ1) is 14.8. The Morgan fingerprint density at radius 3 is 2.16 bits per heavy atom. The van der Waals surface area contributed by atoms with Crippen LogP contribution in [-0.2, 0) is 4.84 Å². The lowest BCUT2D eigenvalue weighted by atomic mass is 9.82. The molecule has 1 fully saturated rings. The lowest BCUT2D eigenvalue weighted by Gasteiger charge is -2.54. The molecule has 2 rings (SSSR count). The van der Waals surface area contributed by atoms with Gasteiger partial charge in [-0.3, -0.25) is 4.84 Å². The van der Waals surface area contributed by atoms with Gasteiger partial charge in [-0.25, -0.2) is 0 Å². The molecule has 0 aromatic rings. The molecule has 0 radical (unpaired) electrons. The van der Waals surface area contributed by atoms with Crippen molar-refractivity contribution in [2.75, 3.05) is 0 Å². The van der Waals surface area contributed by atoms with E-state index in [2.05, 4.69) is 64.0 Å². The summed E-state index contributed by atoms with van der Waals surface area (Å²) in [5.74, 6) is 0. The van der Waals surface area contributed by atoms with Crippen LogP contribution in [0.4, 0.5) is 0 Å². The fourth-order valence-corrected chi connectivity index (χ4v) is 3.44. The van der Waals surface area contributed by atoms with Crippen molar-refractivity contribution in [2.45, 2.75) is 83.4 Å². The molecule has 0 aromatic carbocycles. The second-order valence-electron chi connectivity index (χ2n) is 7.27. The SMILES string of the molecule is CCC1(ON2C(C)(C)CCCC2(C)C)C=CC=CC1. The predicted octanol–water partition coefficient (Wildman–Crippen LogP) is 4.63. The predicted molar refractivity (Wildman–Crippen MR) is 80.9 cm³/mol. The fraction of sp³-hybridized carbons (Fsp3) is 0.765. The van der Waals surface area contributed by atoms with E-state index in [0.717, 1.165) is 12.8 Å². The maximum Gasteiger partial charge on any atom is 0.111 e. The third-order valence-corrected chi connectivity index (χ3v) is 4.66. The first-order valence-corrected chi connectivity index (χ1v) is 7.65. The largest absolute Gasteiger partial charge is 0.287 e. The summed E-state index contributed by atoms with van der Waals surface area (Å²) < 4.78 is 0. The molecule has 2 nitrogen and oxygen atoms in total. The van der Waals surface area contributed by atoms with Crippen molar-refractivity contribution in [3.05, 3.63) is 24.3 Å². The van der Waals surface area contributed by atoms with E-state index >= 15 is 0 Å². The van der Waals surface area contributed by atoms with E-state index in [-0.39, 0.29) is 16.7 Å². The maximum absolute atomic E-state index is 6.59. The van der Waals surface area contributed by atoms with E-state index in [1.165, 1.54) is 19.3 Å². The zero-order valence-electron chi connectivity index (χ0n) is 13.2. The first-order valence-electron chi connectivity index (χ1n) is 7.65. The Hall–Kier alpha value is -0.600. The van der Waals surface area contributed by atoms with Crippen LogP contribution in [-0.4, -0.2) is 21.7 Å². The van der Waals surface area contributed by atoms with Crippen molar-refractivity contribution in [1.29, 1.82) is 0 Å². The first-order chi connectivity index (χ1) is 8.81. The number of hydroxylamine groups is 2. The molecule has 0 spiro atoms. The number of hydrogen-bond donors (Lipinski definition) is 0. The van der Waals surface area contributed by atoms with Gasteiger partial charge < -0.3 is 0 Å². The van der Waals surface area contributed by atoms with Crippen LogP contribution in [0.2, 0.25) is 0 Å². The number of piperidine rings is 1. The molecule has 1 atom stereocenters. The quantitative estimate of drug-likeness (QED) is 0.736. The summed E-state index contributed by atoms with van der Waals surface area (Å²) in [6.07, 6.45) is 14.4. The van der Waals surface area contributed by atoms with Crippen LogP contribution in [0.5, 0.6) is 0 Å². The molecule has 0 aromatic heterocycles. The van der Waals surface area contributed by atoms with Crippen molar-refractivity contribution in [3.8, 4) is 0 Å². The molecule has 0 N–H and O–H groups in total. The number of nitrogens with zero attached hydrogens (tertiary/aromatic N) is 1. The Kier molecular flexibility index (Phi) is 3.95. The third-order valence-electron chi connectivity index (χ3n) is 4.66. The molecule has 1 aliphatic carbocycles. The lowest BCUT2D eigenvalue weighted by molar-refractivity contribution is -0.325. The van der Waals surface area contributed by atoms with Crippen molar-refractivity contribution >= 4 is 0 Å². The molecule has 108 valence electrons. The van der Waals surface area contributed by atoms with E-state index in [9.17, 15) is 0 Å². The highest BCUT2D eigenvalue weighted by molar-refractivity contribution is 5.18. The van der Waals surface area contributed by atoms with E-state index in [1.54, 1.807) is 0 Å². The van der Waals surface area contributed by atoms with Crippen LogP contribution in [0, 0.1) is 0 Å². The minimum absolute atomic E-state index is 0.110. The van der Waals surface area contributed by atoms with Crippen molar-refractivity contribution in [1.82, 2.24) is 5.06 Å². The second-order valence-corrected chi connectivity index (χ2v) is 7.27. The molecule has 1 aliphatic heterocycles. The van der Waals surface area contributed by atoms with E-state index < -0.39 is 0 Å². The molecule has 0 bridgehead atoms. The van der Waals surface area contributed by atoms with Gasteiger partial charge in [-0.05, 0) is 53.4 Å². The van der Waals surface area contributed by atoms with Gasteiger partial charge in [-0.1, -0.05) is 31.2 Å². The maximum atomic E-state index is 6.59. The Morgan fingerprint density at radius 2 is 1.68 bits per heavy atom. The van der Waals surface area contributed by atoms with Gasteiger partial charge in [-0.2, -0.15) is 5.06 Å². The lowest BCUT2D eigenvalue weighted by Crippen LogP contribution is -2.61. The number of hydrogen-bond acceptors (Lipinski definition) is 2. The standard InChI is InChI=1S/C17H29NO/c1-6-17(13-8-7-9-14-17)19-18-15(2,3)11-10-12-16(18,4)5/h7-9,13H,6,10-12,14H2,1-5H3. The van der Waals surface area contributed by atoms with Crippen LogP contribution < -0.4 is 0 Å².